The van der Waals surface area contributed by atoms with Crippen molar-refractivity contribution in [2.24, 2.45) is 4.99 Å². The van der Waals surface area contributed by atoms with Gasteiger partial charge in [-0.2, -0.15) is 13.2 Å². The second kappa shape index (κ2) is 9.22. The van der Waals surface area contributed by atoms with Crippen LogP contribution in [-0.2, 0) is 6.54 Å². The van der Waals surface area contributed by atoms with Crippen LogP contribution in [0.5, 0.6) is 5.88 Å². The van der Waals surface area contributed by atoms with Crippen LogP contribution in [0, 0.1) is 0 Å². The Morgan fingerprint density at radius 2 is 2.17 bits per heavy atom. The number of halogens is 3. The molecule has 0 saturated carbocycles. The van der Waals surface area contributed by atoms with Gasteiger partial charge in [0.2, 0.25) is 5.88 Å². The molecule has 0 aliphatic rings. The van der Waals surface area contributed by atoms with E-state index in [1.165, 1.54) is 6.20 Å². The summed E-state index contributed by atoms with van der Waals surface area (Å²) in [5, 5.41) is 3.11. The highest BCUT2D eigenvalue weighted by Crippen LogP contribution is 2.19. The third-order valence-electron chi connectivity index (χ3n) is 3.08. The number of aromatic nitrogens is 1. The zero-order valence-electron chi connectivity index (χ0n) is 13.7. The van der Waals surface area contributed by atoms with Crippen LogP contribution < -0.4 is 10.1 Å². The molecule has 8 heteroatoms. The molecule has 0 fully saturated rings. The summed E-state index contributed by atoms with van der Waals surface area (Å²) in [6.45, 7) is 1.87. The number of aliphatic imine (C=N–C) groups is 1. The van der Waals surface area contributed by atoms with Crippen molar-refractivity contribution in [2.75, 3.05) is 27.2 Å². The molecule has 130 valence electrons. The standard InChI is InChI=1S/C15H23F3N4O/c1-4-5-9-22(3)14(19-2)21-10-12-7-6-8-20-13(12)23-11-15(16,17)18/h6-8H,4-5,9-11H2,1-3H3,(H,19,21). The lowest BCUT2D eigenvalue weighted by Crippen LogP contribution is -2.39. The predicted octanol–water partition coefficient (Wildman–Crippen LogP) is 2.83. The van der Waals surface area contributed by atoms with Crippen LogP contribution in [0.4, 0.5) is 13.2 Å². The van der Waals surface area contributed by atoms with Gasteiger partial charge < -0.3 is 15.0 Å². The Morgan fingerprint density at radius 1 is 1.43 bits per heavy atom. The van der Waals surface area contributed by atoms with Gasteiger partial charge in [-0.1, -0.05) is 19.4 Å². The van der Waals surface area contributed by atoms with Gasteiger partial charge in [0.05, 0.1) is 0 Å². The number of pyridine rings is 1. The molecule has 0 aliphatic heterocycles. The Bertz CT molecular complexity index is 506. The van der Waals surface area contributed by atoms with Crippen LogP contribution >= 0.6 is 0 Å². The molecule has 0 aliphatic carbocycles. The third kappa shape index (κ3) is 7.21. The van der Waals surface area contributed by atoms with Crippen molar-refractivity contribution in [1.29, 1.82) is 0 Å². The largest absolute Gasteiger partial charge is 0.468 e. The van der Waals surface area contributed by atoms with Gasteiger partial charge in [0.15, 0.2) is 12.6 Å². The molecule has 0 spiro atoms. The van der Waals surface area contributed by atoms with Crippen LogP contribution in [0.2, 0.25) is 0 Å². The smallest absolute Gasteiger partial charge is 0.422 e. The van der Waals surface area contributed by atoms with Gasteiger partial charge >= 0.3 is 6.18 Å². The molecule has 1 aromatic heterocycles. The minimum absolute atomic E-state index is 0.0241. The fraction of sp³-hybridized carbons (Fsp3) is 0.600. The average molecular weight is 332 g/mol. The molecule has 23 heavy (non-hydrogen) atoms. The van der Waals surface area contributed by atoms with Crippen molar-refractivity contribution < 1.29 is 17.9 Å². The van der Waals surface area contributed by atoms with Gasteiger partial charge in [-0.05, 0) is 12.5 Å². The summed E-state index contributed by atoms with van der Waals surface area (Å²) in [4.78, 5) is 9.99. The first kappa shape index (κ1) is 19.1. The van der Waals surface area contributed by atoms with E-state index < -0.39 is 12.8 Å². The first-order valence-corrected chi connectivity index (χ1v) is 7.42. The number of hydrogen-bond donors (Lipinski definition) is 1. The Morgan fingerprint density at radius 3 is 2.78 bits per heavy atom. The number of hydrogen-bond acceptors (Lipinski definition) is 3. The number of guanidine groups is 1. The Hall–Kier alpha value is -1.99. The van der Waals surface area contributed by atoms with Crippen molar-refractivity contribution in [1.82, 2.24) is 15.2 Å². The SMILES string of the molecule is CCCCN(C)C(=NC)NCc1cccnc1OCC(F)(F)F. The molecule has 0 amide bonds. The molecule has 0 saturated heterocycles. The molecule has 1 rings (SSSR count). The quantitative estimate of drug-likeness (QED) is 0.616. The molecule has 1 N–H and O–H groups in total. The summed E-state index contributed by atoms with van der Waals surface area (Å²) in [5.74, 6) is 0.646. The van der Waals surface area contributed by atoms with E-state index >= 15 is 0 Å². The molecule has 5 nitrogen and oxygen atoms in total. The van der Waals surface area contributed by atoms with Crippen LogP contribution in [0.3, 0.4) is 0 Å². The maximum absolute atomic E-state index is 12.3. The van der Waals surface area contributed by atoms with Crippen molar-refractivity contribution in [3.63, 3.8) is 0 Å². The van der Waals surface area contributed by atoms with Crippen molar-refractivity contribution in [2.45, 2.75) is 32.5 Å². The molecule has 1 heterocycles. The Balaban J connectivity index is 2.66. The van der Waals surface area contributed by atoms with Gasteiger partial charge in [0.25, 0.3) is 0 Å². The highest BCUT2D eigenvalue weighted by Gasteiger charge is 2.29. The number of ether oxygens (including phenoxy) is 1. The van der Waals surface area contributed by atoms with Crippen LogP contribution in [-0.4, -0.2) is 49.3 Å². The fourth-order valence-electron chi connectivity index (χ4n) is 1.90. The normalized spacial score (nSPS) is 12.2. The maximum Gasteiger partial charge on any atom is 0.422 e. The van der Waals surface area contributed by atoms with Crippen molar-refractivity contribution in [3.8, 4) is 5.88 Å². The van der Waals surface area contributed by atoms with Gasteiger partial charge in [0.1, 0.15) is 0 Å². The number of nitrogens with one attached hydrogen (secondary N) is 1. The van der Waals surface area contributed by atoms with Crippen molar-refractivity contribution >= 4 is 5.96 Å². The molecule has 0 aromatic carbocycles. The van der Waals surface area contributed by atoms with E-state index in [0.29, 0.717) is 11.5 Å². The average Bonchev–Trinajstić information content (AvgIpc) is 2.51. The minimum atomic E-state index is -4.39. The van der Waals surface area contributed by atoms with Crippen LogP contribution in [0.1, 0.15) is 25.3 Å². The van der Waals surface area contributed by atoms with E-state index in [4.69, 9.17) is 4.74 Å². The summed E-state index contributed by atoms with van der Waals surface area (Å²) in [5.41, 5.74) is 0.543. The summed E-state index contributed by atoms with van der Waals surface area (Å²) in [6, 6.07) is 3.33. The van der Waals surface area contributed by atoms with Gasteiger partial charge in [-0.3, -0.25) is 4.99 Å². The van der Waals surface area contributed by atoms with Crippen LogP contribution in [0.15, 0.2) is 23.3 Å². The lowest BCUT2D eigenvalue weighted by Gasteiger charge is -2.22. The predicted molar refractivity (Wildman–Crippen MR) is 83.5 cm³/mol. The van der Waals surface area contributed by atoms with Gasteiger partial charge in [0, 0.05) is 38.9 Å². The van der Waals surface area contributed by atoms with Crippen molar-refractivity contribution in [3.05, 3.63) is 23.9 Å². The molecule has 0 unspecified atom stereocenters. The summed E-state index contributed by atoms with van der Waals surface area (Å²) in [6.07, 6.45) is -0.889. The van der Waals surface area contributed by atoms with Gasteiger partial charge in [-0.25, -0.2) is 4.98 Å². The molecular weight excluding hydrogens is 309 g/mol. The van der Waals surface area contributed by atoms with E-state index in [2.05, 4.69) is 22.2 Å². The van der Waals surface area contributed by atoms with Gasteiger partial charge in [-0.15, -0.1) is 0 Å². The molecule has 0 bridgehead atoms. The Labute approximate surface area is 134 Å². The lowest BCUT2D eigenvalue weighted by atomic mass is 10.2. The second-order valence-electron chi connectivity index (χ2n) is 5.05. The van der Waals surface area contributed by atoms with E-state index in [1.54, 1.807) is 19.2 Å². The monoisotopic (exact) mass is 332 g/mol. The number of unbranched alkanes of at least 4 members (excludes halogenated alkanes) is 1. The zero-order valence-corrected chi connectivity index (χ0v) is 13.7. The van der Waals surface area contributed by atoms with E-state index in [-0.39, 0.29) is 12.4 Å². The van der Waals surface area contributed by atoms with E-state index in [1.807, 2.05) is 11.9 Å². The molecule has 0 radical (unpaired) electrons. The number of rotatable bonds is 7. The summed E-state index contributed by atoms with van der Waals surface area (Å²) >= 11 is 0. The molecular formula is C15H23F3N4O. The first-order chi connectivity index (χ1) is 10.9. The van der Waals surface area contributed by atoms with E-state index in [0.717, 1.165) is 19.4 Å². The summed E-state index contributed by atoms with van der Waals surface area (Å²) in [7, 11) is 3.57. The highest BCUT2D eigenvalue weighted by atomic mass is 19.4. The number of nitrogens with zero attached hydrogens (tertiary/aromatic N) is 3. The highest BCUT2D eigenvalue weighted by molar-refractivity contribution is 5.79. The van der Waals surface area contributed by atoms with Crippen LogP contribution in [0.25, 0.3) is 0 Å². The molecule has 1 aromatic rings. The second-order valence-corrected chi connectivity index (χ2v) is 5.05. The molecule has 0 atom stereocenters. The lowest BCUT2D eigenvalue weighted by molar-refractivity contribution is -0.154. The van der Waals surface area contributed by atoms with E-state index in [9.17, 15) is 13.2 Å². The minimum Gasteiger partial charge on any atom is -0.468 e. The third-order valence-corrected chi connectivity index (χ3v) is 3.08. The Kier molecular flexibility index (Phi) is 7.64. The first-order valence-electron chi connectivity index (χ1n) is 7.42. The zero-order chi connectivity index (χ0) is 17.3. The number of alkyl halides is 3. The fourth-order valence-corrected chi connectivity index (χ4v) is 1.90. The maximum atomic E-state index is 12.3. The summed E-state index contributed by atoms with van der Waals surface area (Å²) < 4.78 is 41.6. The topological polar surface area (TPSA) is 49.8 Å².